The normalized spacial score (nSPS) is 11.2. The monoisotopic (exact) mass is 154 g/mol. The number of halogens is 1. The van der Waals surface area contributed by atoms with Gasteiger partial charge in [-0.1, -0.05) is 0 Å². The summed E-state index contributed by atoms with van der Waals surface area (Å²) >= 11 is 0. The van der Waals surface area contributed by atoms with Crippen LogP contribution in [0.3, 0.4) is 0 Å². The molecule has 2 nitrogen and oxygen atoms in total. The van der Waals surface area contributed by atoms with E-state index in [0.717, 1.165) is 11.3 Å². The summed E-state index contributed by atoms with van der Waals surface area (Å²) in [6.07, 6.45) is 0. The van der Waals surface area contributed by atoms with E-state index in [-0.39, 0.29) is 0 Å². The maximum absolute atomic E-state index is 12.4. The maximum atomic E-state index is 12.4. The van der Waals surface area contributed by atoms with Gasteiger partial charge < -0.3 is 8.83 Å². The molecule has 0 saturated carbocycles. The van der Waals surface area contributed by atoms with Crippen LogP contribution in [-0.2, 0) is 0 Å². The summed E-state index contributed by atoms with van der Waals surface area (Å²) in [5.41, 5.74) is 1.86. The van der Waals surface area contributed by atoms with E-state index in [0.29, 0.717) is 11.2 Å². The topological polar surface area (TPSA) is 26.3 Å². The van der Waals surface area contributed by atoms with Gasteiger partial charge in [-0.15, -0.1) is 0 Å². The van der Waals surface area contributed by atoms with Crippen molar-refractivity contribution in [2.24, 2.45) is 0 Å². The molecule has 11 heavy (non-hydrogen) atoms. The van der Waals surface area contributed by atoms with Crippen LogP contribution in [0.1, 0.15) is 11.3 Å². The average molecular weight is 154 g/mol. The molecule has 0 aliphatic rings. The number of hydrogen-bond donors (Lipinski definition) is 0. The fourth-order valence-corrected chi connectivity index (χ4v) is 1.08. The highest BCUT2D eigenvalue weighted by Crippen LogP contribution is 2.26. The van der Waals surface area contributed by atoms with E-state index in [2.05, 4.69) is 0 Å². The van der Waals surface area contributed by atoms with Crippen LogP contribution in [0.2, 0.25) is 0 Å². The van der Waals surface area contributed by atoms with Crippen LogP contribution >= 0.6 is 0 Å². The molecule has 58 valence electrons. The smallest absolute Gasteiger partial charge is 0.282 e. The highest BCUT2D eigenvalue weighted by Gasteiger charge is 2.12. The van der Waals surface area contributed by atoms with Crippen LogP contribution in [0, 0.1) is 19.9 Å². The molecule has 0 saturated heterocycles. The van der Waals surface area contributed by atoms with Gasteiger partial charge >= 0.3 is 0 Å². The molecule has 0 unspecified atom stereocenters. The molecule has 0 aliphatic carbocycles. The maximum Gasteiger partial charge on any atom is 0.282 e. The molecule has 3 heteroatoms. The van der Waals surface area contributed by atoms with Crippen molar-refractivity contribution in [3.63, 3.8) is 0 Å². The van der Waals surface area contributed by atoms with Gasteiger partial charge in [0.25, 0.3) is 6.01 Å². The predicted molar refractivity (Wildman–Crippen MR) is 37.9 cm³/mol. The van der Waals surface area contributed by atoms with Crippen molar-refractivity contribution in [3.8, 4) is 0 Å². The fraction of sp³-hybridized carbons (Fsp3) is 0.250. The lowest BCUT2D eigenvalue weighted by Gasteiger charge is -1.83. The van der Waals surface area contributed by atoms with Crippen molar-refractivity contribution < 1.29 is 13.2 Å². The second-order valence-corrected chi connectivity index (χ2v) is 2.53. The Morgan fingerprint density at radius 3 is 2.64 bits per heavy atom. The molecular formula is C8H7FO2. The molecule has 0 fully saturated rings. The lowest BCUT2D eigenvalue weighted by Crippen LogP contribution is -1.68. The van der Waals surface area contributed by atoms with Gasteiger partial charge in [-0.05, 0) is 13.8 Å². The van der Waals surface area contributed by atoms with E-state index in [4.69, 9.17) is 8.83 Å². The van der Waals surface area contributed by atoms with E-state index < -0.39 is 6.01 Å². The second-order valence-electron chi connectivity index (χ2n) is 2.53. The van der Waals surface area contributed by atoms with Gasteiger partial charge in [-0.2, -0.15) is 4.39 Å². The minimum atomic E-state index is -0.596. The largest absolute Gasteiger partial charge is 0.457 e. The molecule has 0 bridgehead atoms. The molecular weight excluding hydrogens is 147 g/mol. The van der Waals surface area contributed by atoms with Crippen LogP contribution in [0.4, 0.5) is 4.39 Å². The van der Waals surface area contributed by atoms with Gasteiger partial charge in [0, 0.05) is 5.56 Å². The quantitative estimate of drug-likeness (QED) is 0.583. The Morgan fingerprint density at radius 1 is 1.27 bits per heavy atom. The molecule has 0 spiro atoms. The molecule has 0 aromatic carbocycles. The van der Waals surface area contributed by atoms with Crippen molar-refractivity contribution >= 4 is 11.2 Å². The highest BCUT2D eigenvalue weighted by atomic mass is 19.1. The molecule has 0 N–H and O–H groups in total. The van der Waals surface area contributed by atoms with E-state index in [9.17, 15) is 4.39 Å². The first-order valence-corrected chi connectivity index (χ1v) is 3.33. The van der Waals surface area contributed by atoms with Crippen molar-refractivity contribution in [1.82, 2.24) is 0 Å². The number of aryl methyl sites for hydroxylation is 2. The van der Waals surface area contributed by atoms with Gasteiger partial charge in [0.05, 0.1) is 6.07 Å². The van der Waals surface area contributed by atoms with Crippen molar-refractivity contribution in [2.75, 3.05) is 0 Å². The number of furan rings is 2. The van der Waals surface area contributed by atoms with Crippen molar-refractivity contribution in [3.05, 3.63) is 23.4 Å². The zero-order valence-electron chi connectivity index (χ0n) is 6.27. The van der Waals surface area contributed by atoms with E-state index in [1.54, 1.807) is 0 Å². The van der Waals surface area contributed by atoms with Crippen molar-refractivity contribution in [1.29, 1.82) is 0 Å². The Morgan fingerprint density at radius 2 is 2.00 bits per heavy atom. The minimum absolute atomic E-state index is 0.484. The first-order chi connectivity index (χ1) is 5.18. The summed E-state index contributed by atoms with van der Waals surface area (Å²) in [6, 6.07) is 0.650. The van der Waals surface area contributed by atoms with Gasteiger partial charge in [0.1, 0.15) is 5.76 Å². The summed E-state index contributed by atoms with van der Waals surface area (Å²) in [5.74, 6) is 0.777. The van der Waals surface area contributed by atoms with Gasteiger partial charge in [-0.3, -0.25) is 0 Å². The number of hydrogen-bond acceptors (Lipinski definition) is 2. The van der Waals surface area contributed by atoms with Crippen LogP contribution < -0.4 is 0 Å². The zero-order valence-corrected chi connectivity index (χ0v) is 6.27. The molecule has 2 rings (SSSR count). The first-order valence-electron chi connectivity index (χ1n) is 3.33. The summed E-state index contributed by atoms with van der Waals surface area (Å²) in [6.45, 7) is 3.66. The third-order valence-corrected chi connectivity index (χ3v) is 1.80. The Bertz CT molecular complexity index is 397. The van der Waals surface area contributed by atoms with Crippen LogP contribution in [-0.4, -0.2) is 0 Å². The van der Waals surface area contributed by atoms with E-state index in [1.165, 1.54) is 6.07 Å². The van der Waals surface area contributed by atoms with Gasteiger partial charge in [-0.25, -0.2) is 0 Å². The predicted octanol–water partition coefficient (Wildman–Crippen LogP) is 2.78. The molecule has 0 radical (unpaired) electrons. The van der Waals surface area contributed by atoms with Gasteiger partial charge in [0.15, 0.2) is 11.2 Å². The molecule has 0 amide bonds. The number of rotatable bonds is 0. The van der Waals surface area contributed by atoms with Crippen LogP contribution in [0.15, 0.2) is 14.9 Å². The Kier molecular flexibility index (Phi) is 1.10. The molecule has 2 heterocycles. The van der Waals surface area contributed by atoms with Crippen LogP contribution in [0.5, 0.6) is 0 Å². The minimum Gasteiger partial charge on any atom is -0.457 e. The highest BCUT2D eigenvalue weighted by molar-refractivity contribution is 5.75. The average Bonchev–Trinajstić information content (AvgIpc) is 2.37. The fourth-order valence-electron chi connectivity index (χ4n) is 1.08. The summed E-state index contributed by atoms with van der Waals surface area (Å²) < 4.78 is 22.4. The van der Waals surface area contributed by atoms with Crippen LogP contribution in [0.25, 0.3) is 11.2 Å². The third-order valence-electron chi connectivity index (χ3n) is 1.80. The molecule has 0 atom stereocenters. The Labute approximate surface area is 62.6 Å². The van der Waals surface area contributed by atoms with E-state index >= 15 is 0 Å². The molecule has 0 aliphatic heterocycles. The first kappa shape index (κ1) is 6.46. The third kappa shape index (κ3) is 0.770. The van der Waals surface area contributed by atoms with E-state index in [1.807, 2.05) is 13.8 Å². The van der Waals surface area contributed by atoms with Crippen molar-refractivity contribution in [2.45, 2.75) is 13.8 Å². The zero-order chi connectivity index (χ0) is 8.01. The Hall–Kier alpha value is -1.25. The molecule has 2 aromatic heterocycles. The lowest BCUT2D eigenvalue weighted by atomic mass is 10.3. The lowest BCUT2D eigenvalue weighted by molar-refractivity contribution is 0.380. The summed E-state index contributed by atoms with van der Waals surface area (Å²) in [5, 5.41) is 0. The standard InChI is InChI=1S/C8H7FO2/c1-4-5(2)10-6-3-7(9)11-8(4)6/h3H,1-2H3. The van der Waals surface area contributed by atoms with Gasteiger partial charge in [0.2, 0.25) is 0 Å². The summed E-state index contributed by atoms with van der Waals surface area (Å²) in [4.78, 5) is 0. The second kappa shape index (κ2) is 1.87. The molecule has 2 aromatic rings. The Balaban J connectivity index is 2.88. The summed E-state index contributed by atoms with van der Waals surface area (Å²) in [7, 11) is 0. The SMILES string of the molecule is Cc1oc2cc(F)oc2c1C. The number of fused-ring (bicyclic) bond motifs is 1.